The molecule has 0 aromatic carbocycles. The number of hydrogen-bond acceptors (Lipinski definition) is 4. The Morgan fingerprint density at radius 2 is 1.94 bits per heavy atom. The average Bonchev–Trinajstić information content (AvgIpc) is 2.33. The van der Waals surface area contributed by atoms with Crippen LogP contribution in [0.5, 0.6) is 0 Å². The van der Waals surface area contributed by atoms with Gasteiger partial charge in [-0.25, -0.2) is 4.98 Å². The number of rotatable bonds is 4. The van der Waals surface area contributed by atoms with Crippen LogP contribution in [-0.2, 0) is 6.42 Å². The fourth-order valence-electron chi connectivity index (χ4n) is 1.31. The molecule has 0 saturated heterocycles. The Labute approximate surface area is 99.1 Å². The molecule has 0 aliphatic carbocycles. The molecule has 0 unspecified atom stereocenters. The number of aryl methyl sites for hydroxylation is 1. The number of nitrogens with zero attached hydrogens (tertiary/aromatic N) is 2. The number of pyridine rings is 2. The summed E-state index contributed by atoms with van der Waals surface area (Å²) in [5, 5.41) is 0. The summed E-state index contributed by atoms with van der Waals surface area (Å²) in [5.41, 5.74) is 6.83. The highest BCUT2D eigenvalue weighted by atomic mass is 32.2. The van der Waals surface area contributed by atoms with E-state index in [1.165, 1.54) is 5.56 Å². The van der Waals surface area contributed by atoms with Gasteiger partial charge in [-0.1, -0.05) is 0 Å². The van der Waals surface area contributed by atoms with Crippen molar-refractivity contribution in [1.82, 2.24) is 9.97 Å². The van der Waals surface area contributed by atoms with Crippen LogP contribution in [0.25, 0.3) is 0 Å². The molecule has 2 rings (SSSR count). The van der Waals surface area contributed by atoms with Gasteiger partial charge in [-0.15, -0.1) is 11.8 Å². The lowest BCUT2D eigenvalue weighted by molar-refractivity contribution is 1.13. The molecule has 82 valence electrons. The van der Waals surface area contributed by atoms with Gasteiger partial charge in [0.15, 0.2) is 0 Å². The van der Waals surface area contributed by atoms with E-state index < -0.39 is 0 Å². The van der Waals surface area contributed by atoms with Crippen molar-refractivity contribution in [2.75, 3.05) is 11.5 Å². The van der Waals surface area contributed by atoms with E-state index in [1.54, 1.807) is 11.8 Å². The van der Waals surface area contributed by atoms with E-state index >= 15 is 0 Å². The summed E-state index contributed by atoms with van der Waals surface area (Å²) in [6.07, 6.45) is 6.50. The summed E-state index contributed by atoms with van der Waals surface area (Å²) in [6, 6.07) is 7.91. The van der Waals surface area contributed by atoms with Crippen molar-refractivity contribution in [2.45, 2.75) is 11.3 Å². The van der Waals surface area contributed by atoms with Crippen molar-refractivity contribution < 1.29 is 0 Å². The van der Waals surface area contributed by atoms with E-state index in [1.807, 2.05) is 42.9 Å². The maximum atomic E-state index is 5.52. The van der Waals surface area contributed by atoms with Gasteiger partial charge in [-0.05, 0) is 36.2 Å². The molecule has 2 heterocycles. The Morgan fingerprint density at radius 3 is 2.62 bits per heavy atom. The molecule has 0 radical (unpaired) electrons. The lowest BCUT2D eigenvalue weighted by Gasteiger charge is -2.01. The zero-order valence-electron chi connectivity index (χ0n) is 8.84. The van der Waals surface area contributed by atoms with E-state index in [0.29, 0.717) is 5.82 Å². The number of thioether (sulfide) groups is 1. The summed E-state index contributed by atoms with van der Waals surface area (Å²) in [4.78, 5) is 9.20. The van der Waals surface area contributed by atoms with Crippen LogP contribution in [0.2, 0.25) is 0 Å². The van der Waals surface area contributed by atoms with Crippen molar-refractivity contribution in [3.05, 3.63) is 48.4 Å². The number of hydrogen-bond donors (Lipinski definition) is 1. The Morgan fingerprint density at radius 1 is 1.12 bits per heavy atom. The molecular formula is C12H13N3S. The predicted molar refractivity (Wildman–Crippen MR) is 67.3 cm³/mol. The normalized spacial score (nSPS) is 10.2. The molecule has 3 nitrogen and oxygen atoms in total. The fraction of sp³-hybridized carbons (Fsp3) is 0.167. The Bertz CT molecular complexity index is 428. The highest BCUT2D eigenvalue weighted by Crippen LogP contribution is 2.18. The number of nitrogen functional groups attached to an aromatic ring is 1. The topological polar surface area (TPSA) is 51.8 Å². The third-order valence-electron chi connectivity index (χ3n) is 2.17. The van der Waals surface area contributed by atoms with Gasteiger partial charge in [0, 0.05) is 29.2 Å². The summed E-state index contributed by atoms with van der Waals surface area (Å²) < 4.78 is 0. The molecule has 2 aromatic rings. The first-order valence-electron chi connectivity index (χ1n) is 5.08. The van der Waals surface area contributed by atoms with Crippen molar-refractivity contribution >= 4 is 17.6 Å². The molecule has 2 N–H and O–H groups in total. The second-order valence-electron chi connectivity index (χ2n) is 3.37. The fourth-order valence-corrected chi connectivity index (χ4v) is 2.18. The van der Waals surface area contributed by atoms with Crippen LogP contribution >= 0.6 is 11.8 Å². The van der Waals surface area contributed by atoms with Crippen LogP contribution in [-0.4, -0.2) is 15.7 Å². The second-order valence-corrected chi connectivity index (χ2v) is 4.54. The average molecular weight is 231 g/mol. The first-order chi connectivity index (χ1) is 7.84. The van der Waals surface area contributed by atoms with Crippen LogP contribution < -0.4 is 5.73 Å². The third kappa shape index (κ3) is 3.24. The van der Waals surface area contributed by atoms with Crippen molar-refractivity contribution in [2.24, 2.45) is 0 Å². The minimum Gasteiger partial charge on any atom is -0.384 e. The highest BCUT2D eigenvalue weighted by molar-refractivity contribution is 7.99. The molecule has 0 saturated carbocycles. The van der Waals surface area contributed by atoms with Gasteiger partial charge < -0.3 is 5.73 Å². The second kappa shape index (κ2) is 5.51. The minimum atomic E-state index is 0.568. The first kappa shape index (κ1) is 11.0. The largest absolute Gasteiger partial charge is 0.384 e. The summed E-state index contributed by atoms with van der Waals surface area (Å²) >= 11 is 1.79. The molecule has 0 fully saturated rings. The molecule has 0 spiro atoms. The zero-order valence-corrected chi connectivity index (χ0v) is 9.65. The summed E-state index contributed by atoms with van der Waals surface area (Å²) in [7, 11) is 0. The Balaban J connectivity index is 1.82. The molecule has 2 aromatic heterocycles. The van der Waals surface area contributed by atoms with Gasteiger partial charge in [0.1, 0.15) is 5.82 Å². The summed E-state index contributed by atoms with van der Waals surface area (Å²) in [6.45, 7) is 0. The molecule has 0 atom stereocenters. The molecule has 0 bridgehead atoms. The number of aromatic nitrogens is 2. The van der Waals surface area contributed by atoms with Gasteiger partial charge in [0.2, 0.25) is 0 Å². The molecule has 0 aliphatic rings. The molecule has 4 heteroatoms. The first-order valence-corrected chi connectivity index (χ1v) is 6.06. The smallest absolute Gasteiger partial charge is 0.123 e. The molecule has 0 amide bonds. The van der Waals surface area contributed by atoms with Crippen molar-refractivity contribution in [3.63, 3.8) is 0 Å². The monoisotopic (exact) mass is 231 g/mol. The van der Waals surface area contributed by atoms with Crippen LogP contribution in [0.1, 0.15) is 5.56 Å². The van der Waals surface area contributed by atoms with Gasteiger partial charge in [0.05, 0.1) is 0 Å². The lowest BCUT2D eigenvalue weighted by atomic mass is 10.2. The Kier molecular flexibility index (Phi) is 3.77. The zero-order chi connectivity index (χ0) is 11.2. The maximum absolute atomic E-state index is 5.52. The number of nitrogens with two attached hydrogens (primary N) is 1. The van der Waals surface area contributed by atoms with E-state index in [-0.39, 0.29) is 0 Å². The van der Waals surface area contributed by atoms with Crippen molar-refractivity contribution in [3.8, 4) is 0 Å². The predicted octanol–water partition coefficient (Wildman–Crippen LogP) is 2.39. The molecule has 16 heavy (non-hydrogen) atoms. The van der Waals surface area contributed by atoms with E-state index in [4.69, 9.17) is 5.73 Å². The van der Waals surface area contributed by atoms with E-state index in [2.05, 4.69) is 9.97 Å². The van der Waals surface area contributed by atoms with Crippen LogP contribution in [0.3, 0.4) is 0 Å². The minimum absolute atomic E-state index is 0.568. The molecule has 0 aliphatic heterocycles. The van der Waals surface area contributed by atoms with Crippen molar-refractivity contribution in [1.29, 1.82) is 0 Å². The SMILES string of the molecule is Nc1ccc(SCCc2ccncc2)cn1. The maximum Gasteiger partial charge on any atom is 0.123 e. The van der Waals surface area contributed by atoms with Crippen LogP contribution in [0.15, 0.2) is 47.8 Å². The van der Waals surface area contributed by atoms with Gasteiger partial charge in [0.25, 0.3) is 0 Å². The lowest BCUT2D eigenvalue weighted by Crippen LogP contribution is -1.90. The van der Waals surface area contributed by atoms with Crippen LogP contribution in [0, 0.1) is 0 Å². The Hall–Kier alpha value is -1.55. The van der Waals surface area contributed by atoms with Gasteiger partial charge >= 0.3 is 0 Å². The summed E-state index contributed by atoms with van der Waals surface area (Å²) in [5.74, 6) is 1.61. The molecular weight excluding hydrogens is 218 g/mol. The van der Waals surface area contributed by atoms with Gasteiger partial charge in [-0.3, -0.25) is 4.98 Å². The number of anilines is 1. The van der Waals surface area contributed by atoms with E-state index in [0.717, 1.165) is 17.1 Å². The third-order valence-corrected chi connectivity index (χ3v) is 3.15. The van der Waals surface area contributed by atoms with Gasteiger partial charge in [-0.2, -0.15) is 0 Å². The quantitative estimate of drug-likeness (QED) is 0.821. The van der Waals surface area contributed by atoms with E-state index in [9.17, 15) is 0 Å². The van der Waals surface area contributed by atoms with Crippen LogP contribution in [0.4, 0.5) is 5.82 Å². The standard InChI is InChI=1S/C12H13N3S/c13-12-2-1-11(9-15-12)16-8-5-10-3-6-14-7-4-10/h1-4,6-7,9H,5,8H2,(H2,13,15). The highest BCUT2D eigenvalue weighted by Gasteiger charge is 1.96.